The van der Waals surface area contributed by atoms with Crippen molar-refractivity contribution in [1.29, 1.82) is 0 Å². The second-order valence-corrected chi connectivity index (χ2v) is 4.80. The van der Waals surface area contributed by atoms with Gasteiger partial charge in [-0.1, -0.05) is 6.08 Å². The number of allylic oxidation sites excluding steroid dienone is 2. The van der Waals surface area contributed by atoms with Gasteiger partial charge in [0, 0.05) is 30.9 Å². The van der Waals surface area contributed by atoms with E-state index < -0.39 is 12.1 Å². The van der Waals surface area contributed by atoms with Crippen molar-refractivity contribution in [3.63, 3.8) is 0 Å². The van der Waals surface area contributed by atoms with E-state index in [1.54, 1.807) is 0 Å². The van der Waals surface area contributed by atoms with Crippen LogP contribution in [0.1, 0.15) is 12.8 Å². The summed E-state index contributed by atoms with van der Waals surface area (Å²) < 4.78 is 5.54. The molecule has 0 radical (unpaired) electrons. The lowest BCUT2D eigenvalue weighted by Gasteiger charge is -2.18. The predicted octanol–water partition coefficient (Wildman–Crippen LogP) is 1.52. The Morgan fingerprint density at radius 1 is 1.59 bits per heavy atom. The highest BCUT2D eigenvalue weighted by Gasteiger charge is 2.40. The first-order valence-electron chi connectivity index (χ1n) is 5.89. The number of carboxylic acid groups (broad SMARTS) is 1. The minimum Gasteiger partial charge on any atom is -0.478 e. The zero-order chi connectivity index (χ0) is 12.0. The maximum absolute atomic E-state index is 11.2. The Morgan fingerprint density at radius 3 is 3.18 bits per heavy atom. The molecule has 3 aliphatic rings. The fourth-order valence-electron chi connectivity index (χ4n) is 2.80. The van der Waals surface area contributed by atoms with Gasteiger partial charge in [0.25, 0.3) is 0 Å². The van der Waals surface area contributed by atoms with E-state index >= 15 is 0 Å². The molecule has 0 saturated heterocycles. The molecule has 2 atom stereocenters. The van der Waals surface area contributed by atoms with Crippen molar-refractivity contribution in [1.82, 2.24) is 4.90 Å². The van der Waals surface area contributed by atoms with E-state index in [2.05, 4.69) is 11.0 Å². The van der Waals surface area contributed by atoms with Gasteiger partial charge in [-0.15, -0.1) is 0 Å². The topological polar surface area (TPSA) is 49.8 Å². The van der Waals surface area contributed by atoms with E-state index in [1.165, 1.54) is 0 Å². The number of rotatable bonds is 1. The van der Waals surface area contributed by atoms with Crippen molar-refractivity contribution in [2.24, 2.45) is 5.92 Å². The molecule has 0 saturated carbocycles. The Bertz CT molecular complexity index is 461. The van der Waals surface area contributed by atoms with Crippen molar-refractivity contribution < 1.29 is 14.6 Å². The quantitative estimate of drug-likeness (QED) is 0.746. The van der Waals surface area contributed by atoms with E-state index in [9.17, 15) is 9.90 Å². The summed E-state index contributed by atoms with van der Waals surface area (Å²) in [7, 11) is 1.98. The van der Waals surface area contributed by atoms with Crippen LogP contribution in [0.3, 0.4) is 0 Å². The highest BCUT2D eigenvalue weighted by atomic mass is 16.5. The first-order valence-corrected chi connectivity index (χ1v) is 5.89. The monoisotopic (exact) mass is 233 g/mol. The number of aliphatic carboxylic acids is 1. The molecule has 4 nitrogen and oxygen atoms in total. The summed E-state index contributed by atoms with van der Waals surface area (Å²) >= 11 is 0. The van der Waals surface area contributed by atoms with Crippen molar-refractivity contribution in [2.75, 3.05) is 13.6 Å². The summed E-state index contributed by atoms with van der Waals surface area (Å²) in [4.78, 5) is 13.3. The first kappa shape index (κ1) is 10.4. The smallest absolute Gasteiger partial charge is 0.349 e. The molecule has 0 aromatic rings. The van der Waals surface area contributed by atoms with Gasteiger partial charge in [-0.2, -0.15) is 0 Å². The minimum atomic E-state index is -0.909. The maximum Gasteiger partial charge on any atom is 0.349 e. The van der Waals surface area contributed by atoms with Crippen LogP contribution in [0.4, 0.5) is 0 Å². The van der Waals surface area contributed by atoms with Crippen molar-refractivity contribution in [3.05, 3.63) is 35.3 Å². The maximum atomic E-state index is 11.2. The third-order valence-electron chi connectivity index (χ3n) is 3.62. The van der Waals surface area contributed by atoms with Gasteiger partial charge in [-0.3, -0.25) is 0 Å². The van der Waals surface area contributed by atoms with E-state index in [0.29, 0.717) is 5.92 Å². The van der Waals surface area contributed by atoms with Crippen LogP contribution >= 0.6 is 0 Å². The Labute approximate surface area is 99.9 Å². The van der Waals surface area contributed by atoms with Crippen LogP contribution < -0.4 is 0 Å². The molecular formula is C13H15NO3. The van der Waals surface area contributed by atoms with Crippen LogP contribution in [0.5, 0.6) is 0 Å². The molecule has 1 N–H and O–H groups in total. The molecular weight excluding hydrogens is 218 g/mol. The third-order valence-corrected chi connectivity index (χ3v) is 3.62. The molecule has 0 bridgehead atoms. The molecule has 2 heterocycles. The van der Waals surface area contributed by atoms with Gasteiger partial charge in [0.15, 0.2) is 0 Å². The molecule has 17 heavy (non-hydrogen) atoms. The van der Waals surface area contributed by atoms with Gasteiger partial charge >= 0.3 is 5.97 Å². The summed E-state index contributed by atoms with van der Waals surface area (Å²) in [5.74, 6) is 0.263. The van der Waals surface area contributed by atoms with Gasteiger partial charge in [0.2, 0.25) is 6.10 Å². The number of hydrogen-bond acceptors (Lipinski definition) is 3. The average molecular weight is 233 g/mol. The standard InChI is InChI=1S/C13H15NO3/c1-14-6-5-8-3-2-4-10-11(8)9(7-14)12(17-10)13(15)16/h2,4,7-8,12H,3,5-6H2,1H3,(H,15,16). The van der Waals surface area contributed by atoms with Crippen LogP contribution in [0, 0.1) is 5.92 Å². The van der Waals surface area contributed by atoms with E-state index in [0.717, 1.165) is 36.3 Å². The minimum absolute atomic E-state index is 0.413. The molecule has 1 aliphatic carbocycles. The lowest BCUT2D eigenvalue weighted by Crippen LogP contribution is -2.23. The Balaban J connectivity index is 2.08. The van der Waals surface area contributed by atoms with Crippen molar-refractivity contribution in [3.8, 4) is 0 Å². The fourth-order valence-corrected chi connectivity index (χ4v) is 2.80. The molecule has 0 aromatic heterocycles. The average Bonchev–Trinajstić information content (AvgIpc) is 2.57. The van der Waals surface area contributed by atoms with Gasteiger partial charge in [-0.05, 0) is 24.8 Å². The Morgan fingerprint density at radius 2 is 2.41 bits per heavy atom. The summed E-state index contributed by atoms with van der Waals surface area (Å²) in [6.45, 7) is 0.963. The first-order chi connectivity index (χ1) is 8.16. The Kier molecular flexibility index (Phi) is 2.24. The molecule has 3 rings (SSSR count). The summed E-state index contributed by atoms with van der Waals surface area (Å²) in [6, 6.07) is 0. The lowest BCUT2D eigenvalue weighted by molar-refractivity contribution is -0.144. The van der Waals surface area contributed by atoms with E-state index in [4.69, 9.17) is 4.74 Å². The van der Waals surface area contributed by atoms with E-state index in [-0.39, 0.29) is 0 Å². The summed E-state index contributed by atoms with van der Waals surface area (Å²) in [5.41, 5.74) is 1.95. The fraction of sp³-hybridized carbons (Fsp3) is 0.462. The Hall–Kier alpha value is -1.71. The van der Waals surface area contributed by atoms with E-state index in [1.807, 2.05) is 19.3 Å². The molecule has 0 amide bonds. The highest BCUT2D eigenvalue weighted by molar-refractivity contribution is 5.80. The molecule has 0 spiro atoms. The normalized spacial score (nSPS) is 30.6. The third kappa shape index (κ3) is 1.55. The zero-order valence-corrected chi connectivity index (χ0v) is 9.72. The van der Waals surface area contributed by atoms with Crippen molar-refractivity contribution in [2.45, 2.75) is 18.9 Å². The summed E-state index contributed by atoms with van der Waals surface area (Å²) in [6.07, 6.45) is 7.13. The second kappa shape index (κ2) is 3.65. The highest BCUT2D eigenvalue weighted by Crippen LogP contribution is 2.43. The number of carbonyl (C=O) groups is 1. The van der Waals surface area contributed by atoms with Crippen LogP contribution in [-0.2, 0) is 9.53 Å². The molecule has 2 unspecified atom stereocenters. The number of hydrogen-bond donors (Lipinski definition) is 1. The largest absolute Gasteiger partial charge is 0.478 e. The molecule has 0 aromatic carbocycles. The van der Waals surface area contributed by atoms with Crippen LogP contribution in [0.25, 0.3) is 0 Å². The van der Waals surface area contributed by atoms with Crippen LogP contribution in [0.2, 0.25) is 0 Å². The number of ether oxygens (including phenoxy) is 1. The number of carboxylic acids is 1. The second-order valence-electron chi connectivity index (χ2n) is 4.80. The van der Waals surface area contributed by atoms with Gasteiger partial charge in [0.05, 0.1) is 0 Å². The van der Waals surface area contributed by atoms with Gasteiger partial charge in [0.1, 0.15) is 5.76 Å². The summed E-state index contributed by atoms with van der Waals surface area (Å²) in [5, 5.41) is 9.22. The zero-order valence-electron chi connectivity index (χ0n) is 9.72. The number of nitrogens with zero attached hydrogens (tertiary/aromatic N) is 1. The van der Waals surface area contributed by atoms with Gasteiger partial charge in [-0.25, -0.2) is 4.79 Å². The van der Waals surface area contributed by atoms with Crippen LogP contribution in [-0.4, -0.2) is 35.7 Å². The molecule has 2 aliphatic heterocycles. The molecule has 4 heteroatoms. The van der Waals surface area contributed by atoms with Crippen molar-refractivity contribution >= 4 is 5.97 Å². The lowest BCUT2D eigenvalue weighted by atomic mass is 9.84. The van der Waals surface area contributed by atoms with Gasteiger partial charge < -0.3 is 14.7 Å². The molecule has 90 valence electrons. The SMILES string of the molecule is CN1C=C2C3=C(C=CCC3CC1)OC2C(=O)O. The van der Waals surface area contributed by atoms with Crippen LogP contribution in [0.15, 0.2) is 35.3 Å². The molecule has 0 fully saturated rings. The predicted molar refractivity (Wildman–Crippen MR) is 62.1 cm³/mol.